The van der Waals surface area contributed by atoms with Crippen molar-refractivity contribution in [3.05, 3.63) is 64.4 Å². The summed E-state index contributed by atoms with van der Waals surface area (Å²) in [6, 6.07) is 10.3. The van der Waals surface area contributed by atoms with Gasteiger partial charge in [0, 0.05) is 28.7 Å². The molecule has 7 heteroatoms. The van der Waals surface area contributed by atoms with Crippen molar-refractivity contribution in [2.45, 2.75) is 34.6 Å². The van der Waals surface area contributed by atoms with Crippen LogP contribution in [0.25, 0.3) is 27.7 Å². The van der Waals surface area contributed by atoms with Gasteiger partial charge in [-0.05, 0) is 57.4 Å². The molecule has 2 heterocycles. The number of fused-ring (bicyclic) bond motifs is 1. The fourth-order valence-corrected chi connectivity index (χ4v) is 4.32. The third-order valence-corrected chi connectivity index (χ3v) is 5.93. The largest absolute Gasteiger partial charge is 0.493 e. The van der Waals surface area contributed by atoms with E-state index in [2.05, 4.69) is 47.6 Å². The van der Waals surface area contributed by atoms with Crippen molar-refractivity contribution in [1.82, 2.24) is 10.2 Å². The van der Waals surface area contributed by atoms with E-state index in [1.807, 2.05) is 32.9 Å². The maximum Gasteiger partial charge on any atom is 0.250 e. The monoisotopic (exact) mass is 447 g/mol. The van der Waals surface area contributed by atoms with Gasteiger partial charge in [-0.25, -0.2) is 0 Å². The van der Waals surface area contributed by atoms with Crippen molar-refractivity contribution in [3.8, 4) is 16.9 Å². The SMILES string of the molecule is CCOc1cc2occ(-c3ccc(C)cc3C)c2cc1/C(C)=C/C(=O)Nc1nnc(C)s1. The number of benzene rings is 2. The van der Waals surface area contributed by atoms with E-state index < -0.39 is 0 Å². The molecule has 0 bridgehead atoms. The average Bonchev–Trinajstić information content (AvgIpc) is 3.33. The second-order valence-corrected chi connectivity index (χ2v) is 8.87. The first-order valence-electron chi connectivity index (χ1n) is 10.4. The molecule has 2 aromatic heterocycles. The van der Waals surface area contributed by atoms with Gasteiger partial charge in [0.2, 0.25) is 11.0 Å². The molecule has 0 saturated heterocycles. The summed E-state index contributed by atoms with van der Waals surface area (Å²) >= 11 is 1.33. The number of aryl methyl sites for hydroxylation is 3. The number of allylic oxidation sites excluding steroid dienone is 1. The van der Waals surface area contributed by atoms with Gasteiger partial charge in [0.15, 0.2) is 0 Å². The zero-order chi connectivity index (χ0) is 22.8. The Morgan fingerprint density at radius 2 is 1.97 bits per heavy atom. The fraction of sp³-hybridized carbons (Fsp3) is 0.240. The molecule has 4 aromatic rings. The van der Waals surface area contributed by atoms with E-state index in [4.69, 9.17) is 9.15 Å². The highest BCUT2D eigenvalue weighted by molar-refractivity contribution is 7.15. The highest BCUT2D eigenvalue weighted by Gasteiger charge is 2.16. The van der Waals surface area contributed by atoms with E-state index in [1.54, 1.807) is 12.3 Å². The normalized spacial score (nSPS) is 11.7. The predicted octanol–water partition coefficient (Wildman–Crippen LogP) is 6.32. The maximum atomic E-state index is 12.5. The minimum absolute atomic E-state index is 0.261. The number of nitrogens with zero attached hydrogens (tertiary/aromatic N) is 2. The minimum atomic E-state index is -0.261. The molecule has 1 amide bonds. The number of hydrogen-bond acceptors (Lipinski definition) is 6. The molecule has 4 rings (SSSR count). The average molecular weight is 448 g/mol. The van der Waals surface area contributed by atoms with Crippen LogP contribution in [0.2, 0.25) is 0 Å². The van der Waals surface area contributed by atoms with Gasteiger partial charge >= 0.3 is 0 Å². The second-order valence-electron chi connectivity index (χ2n) is 7.69. The van der Waals surface area contributed by atoms with Crippen molar-refractivity contribution in [2.24, 2.45) is 0 Å². The van der Waals surface area contributed by atoms with Gasteiger partial charge in [0.25, 0.3) is 0 Å². The van der Waals surface area contributed by atoms with Gasteiger partial charge in [-0.1, -0.05) is 35.1 Å². The Morgan fingerprint density at radius 3 is 2.66 bits per heavy atom. The molecule has 0 fully saturated rings. The minimum Gasteiger partial charge on any atom is -0.493 e. The van der Waals surface area contributed by atoms with Crippen molar-refractivity contribution in [2.75, 3.05) is 11.9 Å². The number of carbonyl (C=O) groups excluding carboxylic acids is 1. The Morgan fingerprint density at radius 1 is 1.16 bits per heavy atom. The van der Waals surface area contributed by atoms with Gasteiger partial charge in [-0.2, -0.15) is 0 Å². The molecule has 1 N–H and O–H groups in total. The molecule has 0 saturated carbocycles. The van der Waals surface area contributed by atoms with E-state index in [0.29, 0.717) is 17.5 Å². The van der Waals surface area contributed by atoms with Crippen molar-refractivity contribution in [3.63, 3.8) is 0 Å². The lowest BCUT2D eigenvalue weighted by atomic mass is 9.96. The molecule has 32 heavy (non-hydrogen) atoms. The number of anilines is 1. The highest BCUT2D eigenvalue weighted by atomic mass is 32.1. The number of furan rings is 1. The van der Waals surface area contributed by atoms with E-state index >= 15 is 0 Å². The van der Waals surface area contributed by atoms with Gasteiger partial charge in [-0.15, -0.1) is 10.2 Å². The standard InChI is InChI=1S/C25H25N3O3S/c1-6-30-22-12-23-20(21(13-31-23)18-8-7-14(2)9-15(18)3)11-19(22)16(4)10-24(29)26-25-28-27-17(5)32-25/h7-13H,6H2,1-5H3,(H,26,28,29)/b16-10+. The van der Waals surface area contributed by atoms with Crippen LogP contribution in [0, 0.1) is 20.8 Å². The summed E-state index contributed by atoms with van der Waals surface area (Å²) in [5.41, 5.74) is 6.90. The van der Waals surface area contributed by atoms with Crippen LogP contribution in [0.1, 0.15) is 35.5 Å². The molecule has 2 aromatic carbocycles. The lowest BCUT2D eigenvalue weighted by molar-refractivity contribution is -0.111. The summed E-state index contributed by atoms with van der Waals surface area (Å²) in [5.74, 6) is 0.415. The van der Waals surface area contributed by atoms with Crippen LogP contribution in [0.3, 0.4) is 0 Å². The molecule has 6 nitrogen and oxygen atoms in total. The van der Waals surface area contributed by atoms with Crippen LogP contribution in [0.5, 0.6) is 5.75 Å². The number of aromatic nitrogens is 2. The number of ether oxygens (including phenoxy) is 1. The van der Waals surface area contributed by atoms with Gasteiger partial charge in [0.1, 0.15) is 16.3 Å². The van der Waals surface area contributed by atoms with Crippen LogP contribution >= 0.6 is 11.3 Å². The first-order chi connectivity index (χ1) is 15.4. The maximum absolute atomic E-state index is 12.5. The Kier molecular flexibility index (Phi) is 6.10. The third kappa shape index (κ3) is 4.43. The molecule has 0 unspecified atom stereocenters. The van der Waals surface area contributed by atoms with Crippen LogP contribution in [0.15, 0.2) is 47.1 Å². The molecule has 0 aliphatic heterocycles. The molecular formula is C25H25N3O3S. The van der Waals surface area contributed by atoms with Crippen molar-refractivity contribution in [1.29, 1.82) is 0 Å². The van der Waals surface area contributed by atoms with E-state index in [9.17, 15) is 4.79 Å². The zero-order valence-electron chi connectivity index (χ0n) is 18.8. The number of amides is 1. The summed E-state index contributed by atoms with van der Waals surface area (Å²) in [4.78, 5) is 12.5. The lowest BCUT2D eigenvalue weighted by Gasteiger charge is -2.12. The number of hydrogen-bond donors (Lipinski definition) is 1. The number of nitrogens with one attached hydrogen (secondary N) is 1. The lowest BCUT2D eigenvalue weighted by Crippen LogP contribution is -2.08. The van der Waals surface area contributed by atoms with Gasteiger partial charge in [0.05, 0.1) is 12.9 Å². The first-order valence-corrected chi connectivity index (χ1v) is 11.2. The molecule has 0 spiro atoms. The molecule has 0 aliphatic carbocycles. The topological polar surface area (TPSA) is 77.2 Å². The molecule has 164 valence electrons. The summed E-state index contributed by atoms with van der Waals surface area (Å²) in [6.07, 6.45) is 3.34. The van der Waals surface area contributed by atoms with E-state index in [1.165, 1.54) is 22.5 Å². The first kappa shape index (κ1) is 21.8. The molecular weight excluding hydrogens is 422 g/mol. The summed E-state index contributed by atoms with van der Waals surface area (Å²) < 4.78 is 11.8. The van der Waals surface area contributed by atoms with Crippen molar-refractivity contribution < 1.29 is 13.9 Å². The predicted molar refractivity (Wildman–Crippen MR) is 129 cm³/mol. The fourth-order valence-electron chi connectivity index (χ4n) is 3.73. The Labute approximate surface area is 190 Å². The summed E-state index contributed by atoms with van der Waals surface area (Å²) in [6.45, 7) is 10.4. The molecule has 0 aliphatic rings. The smallest absolute Gasteiger partial charge is 0.250 e. The molecule has 0 radical (unpaired) electrons. The number of rotatable bonds is 6. The van der Waals surface area contributed by atoms with Crippen molar-refractivity contribution >= 4 is 38.9 Å². The van der Waals surface area contributed by atoms with Crippen LogP contribution in [-0.4, -0.2) is 22.7 Å². The molecule has 0 atom stereocenters. The Hall–Kier alpha value is -3.45. The Bertz CT molecular complexity index is 1330. The third-order valence-electron chi connectivity index (χ3n) is 5.18. The summed E-state index contributed by atoms with van der Waals surface area (Å²) in [5, 5.41) is 12.9. The highest BCUT2D eigenvalue weighted by Crippen LogP contribution is 2.38. The second kappa shape index (κ2) is 8.96. The zero-order valence-corrected chi connectivity index (χ0v) is 19.6. The van der Waals surface area contributed by atoms with Crippen LogP contribution in [-0.2, 0) is 4.79 Å². The van der Waals surface area contributed by atoms with Crippen LogP contribution in [0.4, 0.5) is 5.13 Å². The van der Waals surface area contributed by atoms with Gasteiger partial charge < -0.3 is 9.15 Å². The van der Waals surface area contributed by atoms with E-state index in [-0.39, 0.29) is 5.91 Å². The summed E-state index contributed by atoms with van der Waals surface area (Å²) in [7, 11) is 0. The van der Waals surface area contributed by atoms with Gasteiger partial charge in [-0.3, -0.25) is 10.1 Å². The quantitative estimate of drug-likeness (QED) is 0.350. The number of carbonyl (C=O) groups is 1. The van der Waals surface area contributed by atoms with E-state index in [0.717, 1.165) is 38.2 Å². The van der Waals surface area contributed by atoms with Crippen LogP contribution < -0.4 is 10.1 Å². The Balaban J connectivity index is 1.76.